The number of aryl methyl sites for hydroxylation is 1. The van der Waals surface area contributed by atoms with Crippen molar-refractivity contribution in [3.05, 3.63) is 72.4 Å². The van der Waals surface area contributed by atoms with Gasteiger partial charge < -0.3 is 0 Å². The van der Waals surface area contributed by atoms with Crippen molar-refractivity contribution >= 4 is 27.0 Å². The molecule has 106 valence electrons. The summed E-state index contributed by atoms with van der Waals surface area (Å²) in [6.45, 7) is 5.80. The van der Waals surface area contributed by atoms with Gasteiger partial charge in [-0.1, -0.05) is 36.9 Å². The van der Waals surface area contributed by atoms with Crippen LogP contribution >= 0.6 is 0 Å². The third kappa shape index (κ3) is 2.08. The van der Waals surface area contributed by atoms with Crippen molar-refractivity contribution in [2.75, 3.05) is 0 Å². The van der Waals surface area contributed by atoms with E-state index in [0.29, 0.717) is 5.52 Å². The first-order chi connectivity index (χ1) is 10.1. The van der Waals surface area contributed by atoms with E-state index in [1.807, 2.05) is 25.1 Å². The number of aromatic nitrogens is 1. The Morgan fingerprint density at radius 3 is 2.43 bits per heavy atom. The van der Waals surface area contributed by atoms with Gasteiger partial charge in [0, 0.05) is 11.6 Å². The van der Waals surface area contributed by atoms with Crippen molar-refractivity contribution in [2.45, 2.75) is 11.8 Å². The predicted octanol–water partition coefficient (Wildman–Crippen LogP) is 3.83. The molecule has 0 radical (unpaired) electrons. The van der Waals surface area contributed by atoms with Gasteiger partial charge in [0.2, 0.25) is 0 Å². The molecule has 0 saturated heterocycles. The third-order valence-electron chi connectivity index (χ3n) is 3.60. The first-order valence-electron chi connectivity index (χ1n) is 6.59. The lowest BCUT2D eigenvalue weighted by Gasteiger charge is -2.09. The molecule has 3 rings (SSSR count). The van der Waals surface area contributed by atoms with Crippen LogP contribution in [0.1, 0.15) is 11.1 Å². The zero-order valence-electron chi connectivity index (χ0n) is 11.7. The lowest BCUT2D eigenvalue weighted by Crippen LogP contribution is -2.11. The standard InChI is InChI=1S/C17H15NO2S/c1-3-15-13(2)9-10-17-16(15)11-12-18(17)21(19,20)14-7-5-4-6-8-14/h3-12H,1H2,2H3. The first-order valence-corrected chi connectivity index (χ1v) is 8.03. The van der Waals surface area contributed by atoms with E-state index in [1.54, 1.807) is 42.6 Å². The number of benzene rings is 2. The van der Waals surface area contributed by atoms with Gasteiger partial charge >= 0.3 is 0 Å². The van der Waals surface area contributed by atoms with E-state index in [1.165, 1.54) is 3.97 Å². The van der Waals surface area contributed by atoms with Crippen LogP contribution in [0.15, 0.2) is 66.2 Å². The number of fused-ring (bicyclic) bond motifs is 1. The molecule has 4 heteroatoms. The van der Waals surface area contributed by atoms with Gasteiger partial charge in [-0.3, -0.25) is 0 Å². The lowest BCUT2D eigenvalue weighted by atomic mass is 10.0. The quantitative estimate of drug-likeness (QED) is 0.737. The molecule has 0 aliphatic heterocycles. The molecule has 3 nitrogen and oxygen atoms in total. The van der Waals surface area contributed by atoms with Crippen molar-refractivity contribution in [1.29, 1.82) is 0 Å². The Kier molecular flexibility index (Phi) is 3.18. The van der Waals surface area contributed by atoms with Crippen molar-refractivity contribution in [3.63, 3.8) is 0 Å². The summed E-state index contributed by atoms with van der Waals surface area (Å²) in [6.07, 6.45) is 3.36. The molecule has 2 aromatic carbocycles. The molecular formula is C17H15NO2S. The lowest BCUT2D eigenvalue weighted by molar-refractivity contribution is 0.589. The van der Waals surface area contributed by atoms with Crippen LogP contribution in [0.2, 0.25) is 0 Å². The first kappa shape index (κ1) is 13.6. The fraction of sp³-hybridized carbons (Fsp3) is 0.0588. The number of hydrogen-bond acceptors (Lipinski definition) is 2. The number of nitrogens with zero attached hydrogens (tertiary/aromatic N) is 1. The summed E-state index contributed by atoms with van der Waals surface area (Å²) in [4.78, 5) is 0.281. The summed E-state index contributed by atoms with van der Waals surface area (Å²) < 4.78 is 26.8. The maximum atomic E-state index is 12.7. The van der Waals surface area contributed by atoms with Gasteiger partial charge in [0.05, 0.1) is 10.4 Å². The summed E-state index contributed by atoms with van der Waals surface area (Å²) in [5, 5.41) is 0.893. The monoisotopic (exact) mass is 297 g/mol. The SMILES string of the molecule is C=Cc1c(C)ccc2c1ccn2S(=O)(=O)c1ccccc1. The van der Waals surface area contributed by atoms with Crippen LogP contribution in [0.3, 0.4) is 0 Å². The molecule has 0 unspecified atom stereocenters. The number of hydrogen-bond donors (Lipinski definition) is 0. The highest BCUT2D eigenvalue weighted by Crippen LogP contribution is 2.27. The van der Waals surface area contributed by atoms with Gasteiger partial charge in [0.25, 0.3) is 10.0 Å². The van der Waals surface area contributed by atoms with Gasteiger partial charge in [0.1, 0.15) is 0 Å². The zero-order valence-corrected chi connectivity index (χ0v) is 12.5. The minimum atomic E-state index is -3.58. The zero-order chi connectivity index (χ0) is 15.0. The van der Waals surface area contributed by atoms with Crippen molar-refractivity contribution in [2.24, 2.45) is 0 Å². The van der Waals surface area contributed by atoms with Gasteiger partial charge in [-0.05, 0) is 42.3 Å². The maximum Gasteiger partial charge on any atom is 0.268 e. The molecule has 0 N–H and O–H groups in total. The van der Waals surface area contributed by atoms with Crippen molar-refractivity contribution < 1.29 is 8.42 Å². The normalized spacial score (nSPS) is 11.7. The Hall–Kier alpha value is -2.33. The Morgan fingerprint density at radius 2 is 1.76 bits per heavy atom. The molecule has 3 aromatic rings. The molecule has 0 aliphatic carbocycles. The van der Waals surface area contributed by atoms with Gasteiger partial charge in [0.15, 0.2) is 0 Å². The molecule has 0 spiro atoms. The smallest absolute Gasteiger partial charge is 0.241 e. The Labute approximate surface area is 124 Å². The van der Waals surface area contributed by atoms with Crippen LogP contribution in [0.25, 0.3) is 17.0 Å². The number of rotatable bonds is 3. The second kappa shape index (κ2) is 4.90. The van der Waals surface area contributed by atoms with E-state index in [0.717, 1.165) is 16.5 Å². The molecule has 21 heavy (non-hydrogen) atoms. The topological polar surface area (TPSA) is 39.1 Å². The molecular weight excluding hydrogens is 282 g/mol. The molecule has 0 fully saturated rings. The van der Waals surface area contributed by atoms with E-state index in [4.69, 9.17) is 0 Å². The predicted molar refractivity (Wildman–Crippen MR) is 85.8 cm³/mol. The summed E-state index contributed by atoms with van der Waals surface area (Å²) in [6, 6.07) is 14.0. The van der Waals surface area contributed by atoms with Crippen LogP contribution in [-0.4, -0.2) is 12.4 Å². The van der Waals surface area contributed by atoms with Crippen LogP contribution in [0.4, 0.5) is 0 Å². The molecule has 0 saturated carbocycles. The van der Waals surface area contributed by atoms with Gasteiger partial charge in [-0.25, -0.2) is 12.4 Å². The summed E-state index contributed by atoms with van der Waals surface area (Å²) in [5.74, 6) is 0. The average Bonchev–Trinajstić information content (AvgIpc) is 2.92. The van der Waals surface area contributed by atoms with Crippen LogP contribution < -0.4 is 0 Å². The fourth-order valence-electron chi connectivity index (χ4n) is 2.51. The fourth-order valence-corrected chi connectivity index (χ4v) is 3.88. The highest BCUT2D eigenvalue weighted by atomic mass is 32.2. The van der Waals surface area contributed by atoms with Crippen molar-refractivity contribution in [1.82, 2.24) is 3.97 Å². The second-order valence-electron chi connectivity index (χ2n) is 4.86. The molecule has 1 heterocycles. The maximum absolute atomic E-state index is 12.7. The third-order valence-corrected chi connectivity index (χ3v) is 5.30. The average molecular weight is 297 g/mol. The highest BCUT2D eigenvalue weighted by Gasteiger charge is 2.19. The van der Waals surface area contributed by atoms with E-state index in [9.17, 15) is 8.42 Å². The van der Waals surface area contributed by atoms with Crippen LogP contribution in [-0.2, 0) is 10.0 Å². The van der Waals surface area contributed by atoms with Gasteiger partial charge in [-0.15, -0.1) is 0 Å². The minimum Gasteiger partial charge on any atom is -0.241 e. The highest BCUT2D eigenvalue weighted by molar-refractivity contribution is 7.90. The summed E-state index contributed by atoms with van der Waals surface area (Å²) in [7, 11) is -3.58. The second-order valence-corrected chi connectivity index (χ2v) is 6.68. The summed E-state index contributed by atoms with van der Waals surface area (Å²) in [5.41, 5.74) is 2.71. The van der Waals surface area contributed by atoms with Crippen LogP contribution in [0.5, 0.6) is 0 Å². The molecule has 1 aromatic heterocycles. The Bertz CT molecular complexity index is 922. The van der Waals surface area contributed by atoms with Crippen LogP contribution in [0, 0.1) is 6.92 Å². The van der Waals surface area contributed by atoms with Gasteiger partial charge in [-0.2, -0.15) is 0 Å². The largest absolute Gasteiger partial charge is 0.268 e. The van der Waals surface area contributed by atoms with E-state index in [2.05, 4.69) is 6.58 Å². The van der Waals surface area contributed by atoms with E-state index in [-0.39, 0.29) is 4.90 Å². The van der Waals surface area contributed by atoms with Crippen molar-refractivity contribution in [3.8, 4) is 0 Å². The Morgan fingerprint density at radius 1 is 1.05 bits per heavy atom. The molecule has 0 bridgehead atoms. The van der Waals surface area contributed by atoms with E-state index < -0.39 is 10.0 Å². The molecule has 0 aliphatic rings. The minimum absolute atomic E-state index is 0.281. The van der Waals surface area contributed by atoms with E-state index >= 15 is 0 Å². The summed E-state index contributed by atoms with van der Waals surface area (Å²) >= 11 is 0. The molecule has 0 amide bonds. The Balaban J connectivity index is 2.30. The molecule has 0 atom stereocenters.